The molecule has 0 aromatic heterocycles. The summed E-state index contributed by atoms with van der Waals surface area (Å²) in [6.45, 7) is 1.71. The predicted octanol–water partition coefficient (Wildman–Crippen LogP) is 4.24. The number of aliphatic carboxylic acids is 1. The second-order valence-corrected chi connectivity index (χ2v) is 6.77. The molecule has 1 N–H and O–H groups in total. The molecule has 4 heteroatoms. The second-order valence-electron chi connectivity index (χ2n) is 5.67. The molecule has 0 saturated carbocycles. The minimum atomic E-state index is -0.712. The van der Waals surface area contributed by atoms with E-state index in [1.807, 2.05) is 17.8 Å². The van der Waals surface area contributed by atoms with Crippen molar-refractivity contribution in [2.45, 2.75) is 30.6 Å². The minimum Gasteiger partial charge on any atom is -0.481 e. The van der Waals surface area contributed by atoms with Gasteiger partial charge in [0, 0.05) is 17.1 Å². The molecule has 22 heavy (non-hydrogen) atoms. The molecule has 1 fully saturated rings. The molecule has 3 nitrogen and oxygen atoms in total. The van der Waals surface area contributed by atoms with Crippen LogP contribution >= 0.6 is 11.8 Å². The summed E-state index contributed by atoms with van der Waals surface area (Å²) >= 11 is 1.90. The van der Waals surface area contributed by atoms with Crippen molar-refractivity contribution in [1.29, 1.82) is 0 Å². The Labute approximate surface area is 136 Å². The van der Waals surface area contributed by atoms with Crippen LogP contribution in [0.15, 0.2) is 47.4 Å². The van der Waals surface area contributed by atoms with E-state index in [1.165, 1.54) is 4.90 Å². The summed E-state index contributed by atoms with van der Waals surface area (Å²) in [5, 5.41) is 8.59. The van der Waals surface area contributed by atoms with Gasteiger partial charge in [0.1, 0.15) is 0 Å². The number of benzene rings is 1. The summed E-state index contributed by atoms with van der Waals surface area (Å²) in [7, 11) is 0. The Morgan fingerprint density at radius 1 is 1.23 bits per heavy atom. The van der Waals surface area contributed by atoms with Crippen LogP contribution in [0.2, 0.25) is 0 Å². The molecule has 1 saturated heterocycles. The lowest BCUT2D eigenvalue weighted by atomic mass is 9.94. The summed E-state index contributed by atoms with van der Waals surface area (Å²) in [6, 6.07) is 10.5. The smallest absolute Gasteiger partial charge is 0.303 e. The molecule has 0 spiro atoms. The molecular formula is C18H24O3S. The van der Waals surface area contributed by atoms with Crippen molar-refractivity contribution in [3.63, 3.8) is 0 Å². The van der Waals surface area contributed by atoms with Crippen LogP contribution in [-0.2, 0) is 9.53 Å². The van der Waals surface area contributed by atoms with Gasteiger partial charge in [0.05, 0.1) is 13.2 Å². The molecule has 120 valence electrons. The van der Waals surface area contributed by atoms with E-state index in [-0.39, 0.29) is 6.42 Å². The monoisotopic (exact) mass is 320 g/mol. The summed E-state index contributed by atoms with van der Waals surface area (Å²) in [5.74, 6) is 1.58. The quantitative estimate of drug-likeness (QED) is 0.420. The largest absolute Gasteiger partial charge is 0.481 e. The molecule has 1 aliphatic rings. The van der Waals surface area contributed by atoms with Gasteiger partial charge in [-0.15, -0.1) is 11.8 Å². The maximum Gasteiger partial charge on any atom is 0.303 e. The van der Waals surface area contributed by atoms with Gasteiger partial charge in [0.25, 0.3) is 0 Å². The van der Waals surface area contributed by atoms with Gasteiger partial charge in [0.2, 0.25) is 0 Å². The third-order valence-electron chi connectivity index (χ3n) is 3.90. The van der Waals surface area contributed by atoms with E-state index in [9.17, 15) is 4.79 Å². The van der Waals surface area contributed by atoms with Gasteiger partial charge in [-0.25, -0.2) is 0 Å². The Kier molecular flexibility index (Phi) is 7.54. The number of unbranched alkanes of at least 4 members (excludes halogenated alkanes) is 1. The highest BCUT2D eigenvalue weighted by Crippen LogP contribution is 2.30. The molecule has 2 rings (SSSR count). The topological polar surface area (TPSA) is 46.5 Å². The number of hydrogen-bond donors (Lipinski definition) is 1. The van der Waals surface area contributed by atoms with Gasteiger partial charge in [-0.3, -0.25) is 4.79 Å². The normalized spacial score (nSPS) is 21.5. The van der Waals surface area contributed by atoms with E-state index in [4.69, 9.17) is 9.84 Å². The fourth-order valence-corrected chi connectivity index (χ4v) is 3.69. The van der Waals surface area contributed by atoms with Gasteiger partial charge < -0.3 is 9.84 Å². The fraction of sp³-hybridized carbons (Fsp3) is 0.500. The SMILES string of the molecule is O=C(O)CCC/C=C\C[C@H]1COC[C@H]1CSc1ccccc1. The van der Waals surface area contributed by atoms with Crippen LogP contribution in [0.25, 0.3) is 0 Å². The Morgan fingerprint density at radius 2 is 2.00 bits per heavy atom. The number of hydrogen-bond acceptors (Lipinski definition) is 3. The average molecular weight is 320 g/mol. The first-order valence-corrected chi connectivity index (χ1v) is 8.86. The van der Waals surface area contributed by atoms with Crippen LogP contribution in [-0.4, -0.2) is 30.0 Å². The van der Waals surface area contributed by atoms with E-state index >= 15 is 0 Å². The van der Waals surface area contributed by atoms with E-state index in [0.29, 0.717) is 11.8 Å². The second kappa shape index (κ2) is 9.70. The number of carbonyl (C=O) groups is 1. The van der Waals surface area contributed by atoms with Crippen molar-refractivity contribution in [3.05, 3.63) is 42.5 Å². The molecule has 0 bridgehead atoms. The molecule has 1 aromatic rings. The summed E-state index contributed by atoms with van der Waals surface area (Å²) in [4.78, 5) is 11.7. The van der Waals surface area contributed by atoms with E-state index < -0.39 is 5.97 Å². The standard InChI is InChI=1S/C18H24O3S/c19-18(20)11-7-2-1-4-8-15-12-21-13-16(15)14-22-17-9-5-3-6-10-17/h1,3-6,9-10,15-16H,2,7-8,11-14H2,(H,19,20)/b4-1-/t15-,16-/m0/s1. The number of allylic oxidation sites excluding steroid dienone is 2. The summed E-state index contributed by atoms with van der Waals surface area (Å²) in [6.07, 6.45) is 7.17. The van der Waals surface area contributed by atoms with Gasteiger partial charge in [-0.1, -0.05) is 30.4 Å². The van der Waals surface area contributed by atoms with Crippen molar-refractivity contribution < 1.29 is 14.6 Å². The zero-order valence-electron chi connectivity index (χ0n) is 12.8. The van der Waals surface area contributed by atoms with Crippen LogP contribution in [0.1, 0.15) is 25.7 Å². The number of ether oxygens (including phenoxy) is 1. The average Bonchev–Trinajstić information content (AvgIpc) is 2.97. The van der Waals surface area contributed by atoms with Gasteiger partial charge in [0.15, 0.2) is 0 Å². The number of rotatable bonds is 9. The minimum absolute atomic E-state index is 0.257. The molecule has 1 aliphatic heterocycles. The highest BCUT2D eigenvalue weighted by molar-refractivity contribution is 7.99. The number of carboxylic acids is 1. The predicted molar refractivity (Wildman–Crippen MR) is 90.2 cm³/mol. The number of carboxylic acid groups (broad SMARTS) is 1. The Hall–Kier alpha value is -1.26. The lowest BCUT2D eigenvalue weighted by Crippen LogP contribution is -2.14. The first kappa shape index (κ1) is 17.1. The Bertz CT molecular complexity index is 472. The molecule has 0 aliphatic carbocycles. The maximum absolute atomic E-state index is 10.4. The van der Waals surface area contributed by atoms with Crippen LogP contribution in [0.4, 0.5) is 0 Å². The molecule has 1 aromatic carbocycles. The first-order chi connectivity index (χ1) is 10.8. The van der Waals surface area contributed by atoms with Crippen molar-refractivity contribution in [2.24, 2.45) is 11.8 Å². The first-order valence-electron chi connectivity index (χ1n) is 7.88. The van der Waals surface area contributed by atoms with Crippen LogP contribution in [0.3, 0.4) is 0 Å². The van der Waals surface area contributed by atoms with Crippen molar-refractivity contribution in [3.8, 4) is 0 Å². The third-order valence-corrected chi connectivity index (χ3v) is 5.11. The highest BCUT2D eigenvalue weighted by Gasteiger charge is 2.27. The molecule has 1 heterocycles. The summed E-state index contributed by atoms with van der Waals surface area (Å²) in [5.41, 5.74) is 0. The van der Waals surface area contributed by atoms with Gasteiger partial charge in [-0.05, 0) is 43.2 Å². The van der Waals surface area contributed by atoms with Crippen molar-refractivity contribution >= 4 is 17.7 Å². The van der Waals surface area contributed by atoms with Crippen molar-refractivity contribution in [2.75, 3.05) is 19.0 Å². The summed E-state index contributed by atoms with van der Waals surface area (Å²) < 4.78 is 5.64. The highest BCUT2D eigenvalue weighted by atomic mass is 32.2. The van der Waals surface area contributed by atoms with E-state index in [2.05, 4.69) is 36.4 Å². The van der Waals surface area contributed by atoms with Gasteiger partial charge in [-0.2, -0.15) is 0 Å². The van der Waals surface area contributed by atoms with Crippen LogP contribution in [0.5, 0.6) is 0 Å². The van der Waals surface area contributed by atoms with E-state index in [0.717, 1.165) is 38.2 Å². The number of thioether (sulfide) groups is 1. The fourth-order valence-electron chi connectivity index (χ4n) is 2.57. The molecule has 0 amide bonds. The van der Waals surface area contributed by atoms with E-state index in [1.54, 1.807) is 0 Å². The maximum atomic E-state index is 10.4. The molecule has 2 atom stereocenters. The zero-order valence-corrected chi connectivity index (χ0v) is 13.6. The molecule has 0 unspecified atom stereocenters. The molecular weight excluding hydrogens is 296 g/mol. The van der Waals surface area contributed by atoms with Crippen LogP contribution in [0, 0.1) is 11.8 Å². The van der Waals surface area contributed by atoms with Crippen molar-refractivity contribution in [1.82, 2.24) is 0 Å². The Balaban J connectivity index is 1.67. The van der Waals surface area contributed by atoms with Gasteiger partial charge >= 0.3 is 5.97 Å². The molecule has 0 radical (unpaired) electrons. The lowest BCUT2D eigenvalue weighted by molar-refractivity contribution is -0.137. The third kappa shape index (κ3) is 6.24. The lowest BCUT2D eigenvalue weighted by Gasteiger charge is -2.15. The van der Waals surface area contributed by atoms with Crippen LogP contribution < -0.4 is 0 Å². The zero-order chi connectivity index (χ0) is 15.6. The Morgan fingerprint density at radius 3 is 2.77 bits per heavy atom.